The van der Waals surface area contributed by atoms with Crippen molar-refractivity contribution in [1.82, 2.24) is 10.6 Å². The van der Waals surface area contributed by atoms with Gasteiger partial charge in [0.15, 0.2) is 0 Å². The summed E-state index contributed by atoms with van der Waals surface area (Å²) in [6, 6.07) is 11.7. The molecule has 2 atom stereocenters. The van der Waals surface area contributed by atoms with Crippen molar-refractivity contribution in [3.63, 3.8) is 0 Å². The van der Waals surface area contributed by atoms with Gasteiger partial charge in [-0.2, -0.15) is 0 Å². The highest BCUT2D eigenvalue weighted by molar-refractivity contribution is 5.27. The van der Waals surface area contributed by atoms with Gasteiger partial charge in [0, 0.05) is 12.0 Å². The van der Waals surface area contributed by atoms with Gasteiger partial charge in [0.1, 0.15) is 0 Å². The van der Waals surface area contributed by atoms with Crippen LogP contribution in [0.5, 0.6) is 0 Å². The summed E-state index contributed by atoms with van der Waals surface area (Å²) < 4.78 is 0. The molecule has 1 saturated carbocycles. The zero-order valence-corrected chi connectivity index (χ0v) is 11.1. The monoisotopic (exact) mass is 244 g/mol. The van der Waals surface area contributed by atoms with Crippen molar-refractivity contribution in [2.24, 2.45) is 5.92 Å². The number of piperidine rings is 1. The van der Waals surface area contributed by atoms with E-state index in [1.165, 1.54) is 50.9 Å². The van der Waals surface area contributed by atoms with Gasteiger partial charge in [0.05, 0.1) is 0 Å². The second-order valence-electron chi connectivity index (χ2n) is 5.80. The Morgan fingerprint density at radius 2 is 1.89 bits per heavy atom. The topological polar surface area (TPSA) is 24.1 Å². The second-order valence-corrected chi connectivity index (χ2v) is 5.80. The van der Waals surface area contributed by atoms with E-state index >= 15 is 0 Å². The van der Waals surface area contributed by atoms with Crippen LogP contribution in [-0.2, 0) is 0 Å². The van der Waals surface area contributed by atoms with Crippen LogP contribution in [0.2, 0.25) is 0 Å². The largest absolute Gasteiger partial charge is 0.317 e. The van der Waals surface area contributed by atoms with Crippen molar-refractivity contribution < 1.29 is 0 Å². The molecule has 0 amide bonds. The predicted octanol–water partition coefficient (Wildman–Crippen LogP) is 2.52. The number of hydrogen-bond acceptors (Lipinski definition) is 2. The van der Waals surface area contributed by atoms with Crippen molar-refractivity contribution in [3.05, 3.63) is 35.9 Å². The van der Waals surface area contributed by atoms with Gasteiger partial charge in [0.2, 0.25) is 0 Å². The first-order chi connectivity index (χ1) is 8.93. The lowest BCUT2D eigenvalue weighted by molar-refractivity contribution is 0.347. The van der Waals surface area contributed by atoms with Gasteiger partial charge in [-0.15, -0.1) is 0 Å². The number of nitrogens with one attached hydrogen (secondary N) is 2. The molecule has 3 rings (SSSR count). The van der Waals surface area contributed by atoms with Crippen LogP contribution in [0.25, 0.3) is 0 Å². The third kappa shape index (κ3) is 3.12. The minimum atomic E-state index is 0.745. The third-order valence-corrected chi connectivity index (χ3v) is 4.44. The SMILES string of the molecule is c1ccc([C@H]2CC2NCCC2CCNCC2)cc1. The summed E-state index contributed by atoms with van der Waals surface area (Å²) in [4.78, 5) is 0. The average Bonchev–Trinajstić information content (AvgIpc) is 3.21. The molecule has 1 unspecified atom stereocenters. The average molecular weight is 244 g/mol. The van der Waals surface area contributed by atoms with Crippen LogP contribution in [-0.4, -0.2) is 25.7 Å². The fraction of sp³-hybridized carbons (Fsp3) is 0.625. The van der Waals surface area contributed by atoms with Crippen LogP contribution in [0.1, 0.15) is 37.2 Å². The molecule has 18 heavy (non-hydrogen) atoms. The molecule has 1 aliphatic carbocycles. The molecule has 98 valence electrons. The summed E-state index contributed by atoms with van der Waals surface area (Å²) in [5, 5.41) is 7.17. The smallest absolute Gasteiger partial charge is 0.0143 e. The van der Waals surface area contributed by atoms with Crippen molar-refractivity contribution in [2.75, 3.05) is 19.6 Å². The first kappa shape index (κ1) is 12.2. The molecule has 1 saturated heterocycles. The Kier molecular flexibility index (Phi) is 3.96. The molecule has 0 spiro atoms. The summed E-state index contributed by atoms with van der Waals surface area (Å²) in [6.45, 7) is 3.65. The molecule has 2 aliphatic rings. The van der Waals surface area contributed by atoms with Crippen LogP contribution in [0.4, 0.5) is 0 Å². The standard InChI is InChI=1S/C16H24N2/c1-2-4-14(5-3-1)15-12-16(15)18-11-8-13-6-9-17-10-7-13/h1-5,13,15-18H,6-12H2/t15-,16?/m1/s1. The van der Waals surface area contributed by atoms with E-state index in [0.717, 1.165) is 17.9 Å². The number of hydrogen-bond donors (Lipinski definition) is 2. The normalized spacial score (nSPS) is 28.2. The van der Waals surface area contributed by atoms with Gasteiger partial charge < -0.3 is 10.6 Å². The highest BCUT2D eigenvalue weighted by atomic mass is 15.0. The molecule has 0 radical (unpaired) electrons. The lowest BCUT2D eigenvalue weighted by atomic mass is 9.95. The van der Waals surface area contributed by atoms with Gasteiger partial charge in [0.25, 0.3) is 0 Å². The molecule has 1 aromatic carbocycles. The maximum Gasteiger partial charge on any atom is 0.0143 e. The Hall–Kier alpha value is -0.860. The summed E-state index contributed by atoms with van der Waals surface area (Å²) in [7, 11) is 0. The van der Waals surface area contributed by atoms with Crippen molar-refractivity contribution in [2.45, 2.75) is 37.6 Å². The van der Waals surface area contributed by atoms with Gasteiger partial charge in [-0.25, -0.2) is 0 Å². The predicted molar refractivity (Wildman–Crippen MR) is 75.8 cm³/mol. The fourth-order valence-electron chi connectivity index (χ4n) is 3.13. The number of rotatable bonds is 5. The maximum absolute atomic E-state index is 3.73. The molecule has 1 heterocycles. The molecular weight excluding hydrogens is 220 g/mol. The first-order valence-corrected chi connectivity index (χ1v) is 7.42. The molecule has 2 fully saturated rings. The Morgan fingerprint density at radius 1 is 1.11 bits per heavy atom. The summed E-state index contributed by atoms with van der Waals surface area (Å²) >= 11 is 0. The zero-order valence-electron chi connectivity index (χ0n) is 11.1. The molecule has 2 N–H and O–H groups in total. The van der Waals surface area contributed by atoms with Gasteiger partial charge >= 0.3 is 0 Å². The second kappa shape index (κ2) is 5.85. The molecule has 2 nitrogen and oxygen atoms in total. The van der Waals surface area contributed by atoms with E-state index in [2.05, 4.69) is 41.0 Å². The Bertz CT molecular complexity index is 357. The third-order valence-electron chi connectivity index (χ3n) is 4.44. The van der Waals surface area contributed by atoms with E-state index in [9.17, 15) is 0 Å². The van der Waals surface area contributed by atoms with E-state index in [1.54, 1.807) is 0 Å². The van der Waals surface area contributed by atoms with Crippen LogP contribution in [0.3, 0.4) is 0 Å². The van der Waals surface area contributed by atoms with Crippen LogP contribution in [0, 0.1) is 5.92 Å². The van der Waals surface area contributed by atoms with E-state index in [-0.39, 0.29) is 0 Å². The number of benzene rings is 1. The van der Waals surface area contributed by atoms with E-state index in [4.69, 9.17) is 0 Å². The molecular formula is C16H24N2. The van der Waals surface area contributed by atoms with E-state index in [1.807, 2.05) is 0 Å². The van der Waals surface area contributed by atoms with E-state index < -0.39 is 0 Å². The molecule has 0 bridgehead atoms. The lowest BCUT2D eigenvalue weighted by Crippen LogP contribution is -2.30. The summed E-state index contributed by atoms with van der Waals surface area (Å²) in [5.74, 6) is 1.73. The summed E-state index contributed by atoms with van der Waals surface area (Å²) in [6.07, 6.45) is 5.43. The van der Waals surface area contributed by atoms with Crippen molar-refractivity contribution in [1.29, 1.82) is 0 Å². The van der Waals surface area contributed by atoms with Crippen molar-refractivity contribution >= 4 is 0 Å². The summed E-state index contributed by atoms with van der Waals surface area (Å²) in [5.41, 5.74) is 1.51. The Labute approximate surface area is 110 Å². The molecule has 1 aromatic rings. The molecule has 2 heteroatoms. The minimum absolute atomic E-state index is 0.745. The molecule has 1 aliphatic heterocycles. The minimum Gasteiger partial charge on any atom is -0.317 e. The fourth-order valence-corrected chi connectivity index (χ4v) is 3.13. The van der Waals surface area contributed by atoms with Gasteiger partial charge in [-0.3, -0.25) is 0 Å². The van der Waals surface area contributed by atoms with Gasteiger partial charge in [-0.05, 0) is 56.8 Å². The first-order valence-electron chi connectivity index (χ1n) is 7.42. The van der Waals surface area contributed by atoms with Gasteiger partial charge in [-0.1, -0.05) is 30.3 Å². The highest BCUT2D eigenvalue weighted by Crippen LogP contribution is 2.40. The van der Waals surface area contributed by atoms with Crippen LogP contribution in [0.15, 0.2) is 30.3 Å². The van der Waals surface area contributed by atoms with Crippen LogP contribution >= 0.6 is 0 Å². The zero-order chi connectivity index (χ0) is 12.2. The van der Waals surface area contributed by atoms with Crippen molar-refractivity contribution in [3.8, 4) is 0 Å². The quantitative estimate of drug-likeness (QED) is 0.831. The maximum atomic E-state index is 3.73. The molecule has 0 aromatic heterocycles. The Morgan fingerprint density at radius 3 is 2.67 bits per heavy atom. The Balaban J connectivity index is 1.36. The lowest BCUT2D eigenvalue weighted by Gasteiger charge is -2.22. The van der Waals surface area contributed by atoms with E-state index in [0.29, 0.717) is 0 Å². The highest BCUT2D eigenvalue weighted by Gasteiger charge is 2.37. The van der Waals surface area contributed by atoms with Crippen LogP contribution < -0.4 is 10.6 Å².